The van der Waals surface area contributed by atoms with E-state index in [2.05, 4.69) is 20.7 Å². The van der Waals surface area contributed by atoms with Crippen molar-refractivity contribution in [1.29, 1.82) is 0 Å². The molecule has 5 N–H and O–H groups in total. The number of hydrogen-bond donors (Lipinski definition) is 3. The Labute approximate surface area is 114 Å². The van der Waals surface area contributed by atoms with Gasteiger partial charge in [0.05, 0.1) is 5.04 Å². The Morgan fingerprint density at radius 1 is 1.22 bits per heavy atom. The number of thioether (sulfide) groups is 1. The van der Waals surface area contributed by atoms with E-state index in [9.17, 15) is 0 Å². The van der Waals surface area contributed by atoms with Crippen LogP contribution in [0.3, 0.4) is 0 Å². The highest BCUT2D eigenvalue weighted by molar-refractivity contribution is 8.14. The van der Waals surface area contributed by atoms with Gasteiger partial charge in [-0.25, -0.2) is 0 Å². The van der Waals surface area contributed by atoms with Gasteiger partial charge in [-0.1, -0.05) is 29.5 Å². The van der Waals surface area contributed by atoms with E-state index in [1.165, 1.54) is 30.6 Å². The molecule has 3 unspecified atom stereocenters. The third-order valence-electron chi connectivity index (χ3n) is 3.38. The first kappa shape index (κ1) is 12.2. The van der Waals surface area contributed by atoms with Gasteiger partial charge in [0.25, 0.3) is 0 Å². The third-order valence-corrected chi connectivity index (χ3v) is 5.32. The Morgan fingerprint density at radius 2 is 2.06 bits per heavy atom. The molecular formula is C10H16N6S2. The zero-order valence-electron chi connectivity index (χ0n) is 9.87. The number of hydrogen-bond acceptors (Lipinski definition) is 8. The fraction of sp³-hybridized carbons (Fsp3) is 0.700. The SMILES string of the molecule is Nc1nnc(C2CCCC(C3=NNC(N)S3)C2)s1. The van der Waals surface area contributed by atoms with Crippen molar-refractivity contribution in [1.82, 2.24) is 15.6 Å². The first-order valence-corrected chi connectivity index (χ1v) is 7.76. The Morgan fingerprint density at radius 3 is 2.72 bits per heavy atom. The van der Waals surface area contributed by atoms with Gasteiger partial charge in [-0.2, -0.15) is 5.10 Å². The first-order chi connectivity index (χ1) is 8.72. The molecule has 18 heavy (non-hydrogen) atoms. The van der Waals surface area contributed by atoms with E-state index in [-0.39, 0.29) is 5.50 Å². The average molecular weight is 284 g/mol. The average Bonchev–Trinajstić information content (AvgIpc) is 2.98. The van der Waals surface area contributed by atoms with Gasteiger partial charge >= 0.3 is 0 Å². The second kappa shape index (κ2) is 5.02. The zero-order chi connectivity index (χ0) is 12.5. The summed E-state index contributed by atoms with van der Waals surface area (Å²) in [7, 11) is 0. The number of nitrogens with one attached hydrogen (secondary N) is 1. The molecule has 0 radical (unpaired) electrons. The van der Waals surface area contributed by atoms with Gasteiger partial charge in [-0.3, -0.25) is 5.43 Å². The third kappa shape index (κ3) is 2.45. The second-order valence-corrected chi connectivity index (χ2v) is 6.86. The van der Waals surface area contributed by atoms with E-state index in [4.69, 9.17) is 11.5 Å². The molecule has 1 aromatic heterocycles. The van der Waals surface area contributed by atoms with Crippen LogP contribution < -0.4 is 16.9 Å². The van der Waals surface area contributed by atoms with Gasteiger partial charge < -0.3 is 11.5 Å². The van der Waals surface area contributed by atoms with Crippen LogP contribution in [0.5, 0.6) is 0 Å². The Balaban J connectivity index is 1.69. The quantitative estimate of drug-likeness (QED) is 0.756. The van der Waals surface area contributed by atoms with Crippen molar-refractivity contribution >= 4 is 33.3 Å². The van der Waals surface area contributed by atoms with Crippen LogP contribution in [0.15, 0.2) is 5.10 Å². The monoisotopic (exact) mass is 284 g/mol. The highest BCUT2D eigenvalue weighted by atomic mass is 32.2. The molecule has 3 atom stereocenters. The van der Waals surface area contributed by atoms with Crippen LogP contribution in [0.25, 0.3) is 0 Å². The number of nitrogen functional groups attached to an aromatic ring is 1. The largest absolute Gasteiger partial charge is 0.374 e. The number of anilines is 1. The summed E-state index contributed by atoms with van der Waals surface area (Å²) in [4.78, 5) is 0. The van der Waals surface area contributed by atoms with Crippen LogP contribution in [-0.4, -0.2) is 20.7 Å². The zero-order valence-corrected chi connectivity index (χ0v) is 11.5. The van der Waals surface area contributed by atoms with E-state index in [0.717, 1.165) is 16.5 Å². The summed E-state index contributed by atoms with van der Waals surface area (Å²) in [6.45, 7) is 0. The molecule has 1 saturated carbocycles. The maximum atomic E-state index is 5.78. The molecular weight excluding hydrogens is 268 g/mol. The van der Waals surface area contributed by atoms with E-state index >= 15 is 0 Å². The Bertz CT molecular complexity index is 459. The first-order valence-electron chi connectivity index (χ1n) is 6.06. The molecule has 1 fully saturated rings. The van der Waals surface area contributed by atoms with Crippen LogP contribution in [0.4, 0.5) is 5.13 Å². The van der Waals surface area contributed by atoms with Crippen LogP contribution in [0.2, 0.25) is 0 Å². The van der Waals surface area contributed by atoms with Crippen molar-refractivity contribution < 1.29 is 0 Å². The molecule has 2 heterocycles. The maximum absolute atomic E-state index is 5.78. The normalized spacial score (nSPS) is 32.1. The van der Waals surface area contributed by atoms with Crippen LogP contribution >= 0.6 is 23.1 Å². The Kier molecular flexibility index (Phi) is 3.40. The lowest BCUT2D eigenvalue weighted by atomic mass is 9.82. The summed E-state index contributed by atoms with van der Waals surface area (Å²) < 4.78 is 0. The predicted molar refractivity (Wildman–Crippen MR) is 75.2 cm³/mol. The summed E-state index contributed by atoms with van der Waals surface area (Å²) in [5, 5.41) is 15.2. The fourth-order valence-electron chi connectivity index (χ4n) is 2.55. The number of hydrazone groups is 1. The topological polar surface area (TPSA) is 102 Å². The summed E-state index contributed by atoms with van der Waals surface area (Å²) in [6, 6.07) is 0. The van der Waals surface area contributed by atoms with E-state index in [1.54, 1.807) is 11.8 Å². The van der Waals surface area contributed by atoms with Crippen LogP contribution in [0, 0.1) is 5.92 Å². The van der Waals surface area contributed by atoms with Gasteiger partial charge in [-0.05, 0) is 19.3 Å². The molecule has 1 aliphatic heterocycles. The minimum atomic E-state index is -0.0856. The number of nitrogens with two attached hydrogens (primary N) is 2. The summed E-state index contributed by atoms with van der Waals surface area (Å²) in [5.41, 5.74) is 14.3. The molecule has 0 amide bonds. The van der Waals surface area contributed by atoms with E-state index in [0.29, 0.717) is 17.0 Å². The number of aromatic nitrogens is 2. The van der Waals surface area contributed by atoms with Gasteiger partial charge in [0.1, 0.15) is 10.5 Å². The van der Waals surface area contributed by atoms with Crippen molar-refractivity contribution in [3.05, 3.63) is 5.01 Å². The van der Waals surface area contributed by atoms with Gasteiger partial charge in [0.15, 0.2) is 0 Å². The lowest BCUT2D eigenvalue weighted by Gasteiger charge is -2.26. The minimum Gasteiger partial charge on any atom is -0.374 e. The fourth-order valence-corrected chi connectivity index (χ4v) is 4.18. The molecule has 3 rings (SSSR count). The van der Waals surface area contributed by atoms with Gasteiger partial charge in [0.2, 0.25) is 5.13 Å². The maximum Gasteiger partial charge on any atom is 0.203 e. The summed E-state index contributed by atoms with van der Waals surface area (Å²) in [5.74, 6) is 0.971. The molecule has 0 saturated heterocycles. The predicted octanol–water partition coefficient (Wildman–Crippen LogP) is 1.29. The lowest BCUT2D eigenvalue weighted by molar-refractivity contribution is 0.390. The molecule has 8 heteroatoms. The van der Waals surface area contributed by atoms with E-state index in [1.807, 2.05) is 0 Å². The molecule has 1 aromatic rings. The summed E-state index contributed by atoms with van der Waals surface area (Å²) >= 11 is 3.14. The smallest absolute Gasteiger partial charge is 0.203 e. The second-order valence-electron chi connectivity index (χ2n) is 4.66. The molecule has 0 aromatic carbocycles. The van der Waals surface area contributed by atoms with Crippen molar-refractivity contribution in [3.8, 4) is 0 Å². The highest BCUT2D eigenvalue weighted by Gasteiger charge is 2.31. The molecule has 6 nitrogen and oxygen atoms in total. The van der Waals surface area contributed by atoms with Crippen molar-refractivity contribution in [2.24, 2.45) is 16.8 Å². The van der Waals surface area contributed by atoms with Crippen LogP contribution in [0.1, 0.15) is 36.6 Å². The van der Waals surface area contributed by atoms with Crippen LogP contribution in [-0.2, 0) is 0 Å². The Hall–Kier alpha value is -0.860. The molecule has 1 aliphatic carbocycles. The lowest BCUT2D eigenvalue weighted by Crippen LogP contribution is -2.26. The minimum absolute atomic E-state index is 0.0856. The highest BCUT2D eigenvalue weighted by Crippen LogP contribution is 2.40. The van der Waals surface area contributed by atoms with Crippen molar-refractivity contribution in [3.63, 3.8) is 0 Å². The van der Waals surface area contributed by atoms with Gasteiger partial charge in [0, 0.05) is 11.8 Å². The van der Waals surface area contributed by atoms with E-state index < -0.39 is 0 Å². The standard InChI is InChI=1S/C10H16N6S2/c11-9-15-13-7(17-9)5-2-1-3-6(4-5)8-14-16-10(12)18-8/h5-6,9,15H,1-4,11H2,(H2,12,16). The van der Waals surface area contributed by atoms with Crippen molar-refractivity contribution in [2.45, 2.75) is 37.1 Å². The summed E-state index contributed by atoms with van der Waals surface area (Å²) in [6.07, 6.45) is 4.63. The molecule has 2 aliphatic rings. The molecule has 0 spiro atoms. The number of rotatable bonds is 2. The molecule has 0 bridgehead atoms. The van der Waals surface area contributed by atoms with Gasteiger partial charge in [-0.15, -0.1) is 10.2 Å². The van der Waals surface area contributed by atoms with Crippen molar-refractivity contribution in [2.75, 3.05) is 5.73 Å². The number of nitrogens with zero attached hydrogens (tertiary/aromatic N) is 3. The molecule has 98 valence electrons.